The van der Waals surface area contributed by atoms with Crippen molar-refractivity contribution >= 4 is 7.82 Å². The highest BCUT2D eigenvalue weighted by Gasteiger charge is 2.50. The maximum Gasteiger partial charge on any atom is 0.474 e. The van der Waals surface area contributed by atoms with Gasteiger partial charge in [-0.1, -0.05) is 30.3 Å². The molecule has 0 amide bonds. The summed E-state index contributed by atoms with van der Waals surface area (Å²) in [6.07, 6.45) is 0.827. The summed E-state index contributed by atoms with van der Waals surface area (Å²) < 4.78 is 27.0. The molecule has 0 unspecified atom stereocenters. The SMILES string of the molecule is O=P12OCC(Cc3ccccc3)(CO1)CO2. The van der Waals surface area contributed by atoms with E-state index in [1.807, 2.05) is 18.2 Å². The Morgan fingerprint density at radius 3 is 2.19 bits per heavy atom. The van der Waals surface area contributed by atoms with Crippen LogP contribution >= 0.6 is 7.82 Å². The number of benzene rings is 1. The fourth-order valence-electron chi connectivity index (χ4n) is 2.07. The molecule has 0 spiro atoms. The molecule has 4 nitrogen and oxygen atoms in total. The van der Waals surface area contributed by atoms with Crippen LogP contribution in [0.2, 0.25) is 0 Å². The zero-order chi connectivity index (χ0) is 11.1. The molecular formula is C11H13O4P. The average molecular weight is 240 g/mol. The predicted octanol–water partition coefficient (Wildman–Crippen LogP) is 2.40. The van der Waals surface area contributed by atoms with E-state index in [4.69, 9.17) is 13.6 Å². The van der Waals surface area contributed by atoms with Gasteiger partial charge in [-0.05, 0) is 12.0 Å². The van der Waals surface area contributed by atoms with Gasteiger partial charge in [-0.25, -0.2) is 4.57 Å². The van der Waals surface area contributed by atoms with Crippen LogP contribution in [-0.4, -0.2) is 19.8 Å². The van der Waals surface area contributed by atoms with Gasteiger partial charge in [0, 0.05) is 5.41 Å². The van der Waals surface area contributed by atoms with Crippen molar-refractivity contribution in [3.05, 3.63) is 35.9 Å². The Kier molecular flexibility index (Phi) is 2.41. The molecule has 3 aliphatic heterocycles. The Labute approximate surface area is 94.1 Å². The van der Waals surface area contributed by atoms with Crippen molar-refractivity contribution in [3.63, 3.8) is 0 Å². The van der Waals surface area contributed by atoms with E-state index in [0.717, 1.165) is 6.42 Å². The lowest BCUT2D eigenvalue weighted by Crippen LogP contribution is -2.46. The van der Waals surface area contributed by atoms with E-state index in [1.165, 1.54) is 5.56 Å². The summed E-state index contributed by atoms with van der Waals surface area (Å²) in [4.78, 5) is 0. The normalized spacial score (nSPS) is 37.5. The van der Waals surface area contributed by atoms with Crippen LogP contribution in [0.1, 0.15) is 5.56 Å². The fourth-order valence-corrected chi connectivity index (χ4v) is 3.59. The fraction of sp³-hybridized carbons (Fsp3) is 0.455. The van der Waals surface area contributed by atoms with Crippen LogP contribution in [-0.2, 0) is 24.6 Å². The zero-order valence-electron chi connectivity index (χ0n) is 8.80. The number of rotatable bonds is 2. The highest BCUT2D eigenvalue weighted by Crippen LogP contribution is 2.60. The second kappa shape index (κ2) is 3.67. The molecule has 0 N–H and O–H groups in total. The van der Waals surface area contributed by atoms with E-state index < -0.39 is 7.82 Å². The Morgan fingerprint density at radius 2 is 1.62 bits per heavy atom. The van der Waals surface area contributed by atoms with Gasteiger partial charge in [0.15, 0.2) is 0 Å². The van der Waals surface area contributed by atoms with Crippen LogP contribution in [0.4, 0.5) is 0 Å². The van der Waals surface area contributed by atoms with Crippen LogP contribution in [0.25, 0.3) is 0 Å². The van der Waals surface area contributed by atoms with Crippen molar-refractivity contribution in [3.8, 4) is 0 Å². The van der Waals surface area contributed by atoms with Crippen LogP contribution in [0.15, 0.2) is 30.3 Å². The molecule has 0 saturated carbocycles. The lowest BCUT2D eigenvalue weighted by molar-refractivity contribution is -0.0933. The molecular weight excluding hydrogens is 227 g/mol. The van der Waals surface area contributed by atoms with Crippen LogP contribution in [0.5, 0.6) is 0 Å². The van der Waals surface area contributed by atoms with E-state index >= 15 is 0 Å². The van der Waals surface area contributed by atoms with Crippen molar-refractivity contribution in [2.24, 2.45) is 5.41 Å². The number of hydrogen-bond acceptors (Lipinski definition) is 4. The summed E-state index contributed by atoms with van der Waals surface area (Å²) in [5, 5.41) is 0. The van der Waals surface area contributed by atoms with Gasteiger partial charge in [-0.3, -0.25) is 13.6 Å². The van der Waals surface area contributed by atoms with E-state index in [-0.39, 0.29) is 5.41 Å². The molecule has 0 atom stereocenters. The maximum atomic E-state index is 11.6. The summed E-state index contributed by atoms with van der Waals surface area (Å²) in [6.45, 7) is 1.37. The number of phosphoric acid groups is 1. The minimum absolute atomic E-state index is 0.173. The molecule has 1 aromatic carbocycles. The largest absolute Gasteiger partial charge is 0.474 e. The molecule has 0 radical (unpaired) electrons. The molecule has 4 rings (SSSR count). The standard InChI is InChI=1S/C11H13O4P/c12-16-13-7-11(8-14-16,9-15-16)6-10-4-2-1-3-5-10/h1-5H,6-9H2. The summed E-state index contributed by atoms with van der Waals surface area (Å²) in [5.41, 5.74) is 1.05. The van der Waals surface area contributed by atoms with Gasteiger partial charge in [-0.2, -0.15) is 0 Å². The third-order valence-electron chi connectivity index (χ3n) is 3.01. The van der Waals surface area contributed by atoms with Crippen LogP contribution < -0.4 is 0 Å². The molecule has 1 aromatic rings. The highest BCUT2D eigenvalue weighted by molar-refractivity contribution is 7.48. The van der Waals surface area contributed by atoms with E-state index in [9.17, 15) is 4.57 Å². The van der Waals surface area contributed by atoms with E-state index in [2.05, 4.69) is 12.1 Å². The van der Waals surface area contributed by atoms with Crippen molar-refractivity contribution in [1.29, 1.82) is 0 Å². The molecule has 3 heterocycles. The minimum Gasteiger partial charge on any atom is -0.286 e. The molecule has 2 bridgehead atoms. The van der Waals surface area contributed by atoms with Gasteiger partial charge >= 0.3 is 7.82 Å². The monoisotopic (exact) mass is 240 g/mol. The Balaban J connectivity index is 1.78. The predicted molar refractivity (Wildman–Crippen MR) is 58.0 cm³/mol. The second-order valence-corrected chi connectivity index (χ2v) is 6.10. The Bertz CT molecular complexity index is 400. The topological polar surface area (TPSA) is 44.8 Å². The van der Waals surface area contributed by atoms with Gasteiger partial charge < -0.3 is 0 Å². The molecule has 0 aromatic heterocycles. The molecule has 3 aliphatic rings. The minimum atomic E-state index is -3.18. The summed E-state index contributed by atoms with van der Waals surface area (Å²) in [5.74, 6) is 0. The number of phosphoric ester groups is 1. The first-order chi connectivity index (χ1) is 7.70. The summed E-state index contributed by atoms with van der Waals surface area (Å²) in [6, 6.07) is 10.1. The molecule has 3 saturated heterocycles. The van der Waals surface area contributed by atoms with Gasteiger partial charge in [0.2, 0.25) is 0 Å². The van der Waals surface area contributed by atoms with E-state index in [1.54, 1.807) is 0 Å². The third-order valence-corrected chi connectivity index (χ3v) is 4.34. The van der Waals surface area contributed by atoms with Gasteiger partial charge in [0.25, 0.3) is 0 Å². The van der Waals surface area contributed by atoms with Gasteiger partial charge in [0.1, 0.15) is 0 Å². The molecule has 3 fully saturated rings. The Morgan fingerprint density at radius 1 is 1.06 bits per heavy atom. The van der Waals surface area contributed by atoms with Crippen molar-refractivity contribution in [2.45, 2.75) is 6.42 Å². The maximum absolute atomic E-state index is 11.6. The third kappa shape index (κ3) is 1.82. The summed E-state index contributed by atoms with van der Waals surface area (Å²) in [7, 11) is -3.18. The highest BCUT2D eigenvalue weighted by atomic mass is 31.2. The molecule has 86 valence electrons. The second-order valence-electron chi connectivity index (χ2n) is 4.43. The first-order valence-electron chi connectivity index (χ1n) is 5.27. The smallest absolute Gasteiger partial charge is 0.286 e. The Hall–Kier alpha value is -0.670. The zero-order valence-corrected chi connectivity index (χ0v) is 9.69. The van der Waals surface area contributed by atoms with Gasteiger partial charge in [0.05, 0.1) is 19.8 Å². The average Bonchev–Trinajstić information content (AvgIpc) is 2.33. The summed E-state index contributed by atoms with van der Waals surface area (Å²) >= 11 is 0. The van der Waals surface area contributed by atoms with E-state index in [0.29, 0.717) is 19.8 Å². The number of hydrogen-bond donors (Lipinski definition) is 0. The first kappa shape index (κ1) is 10.5. The molecule has 16 heavy (non-hydrogen) atoms. The first-order valence-corrected chi connectivity index (χ1v) is 6.74. The number of fused-ring (bicyclic) bond motifs is 3. The van der Waals surface area contributed by atoms with Crippen molar-refractivity contribution in [2.75, 3.05) is 19.8 Å². The van der Waals surface area contributed by atoms with Crippen LogP contribution in [0, 0.1) is 5.41 Å². The van der Waals surface area contributed by atoms with Crippen molar-refractivity contribution < 1.29 is 18.1 Å². The molecule has 0 aliphatic carbocycles. The quantitative estimate of drug-likeness (QED) is 0.744. The molecule has 5 heteroatoms. The van der Waals surface area contributed by atoms with Gasteiger partial charge in [-0.15, -0.1) is 0 Å². The lowest BCUT2D eigenvalue weighted by atomic mass is 9.84. The lowest BCUT2D eigenvalue weighted by Gasteiger charge is -2.44. The van der Waals surface area contributed by atoms with Crippen molar-refractivity contribution in [1.82, 2.24) is 0 Å². The van der Waals surface area contributed by atoms with Crippen LogP contribution in [0.3, 0.4) is 0 Å².